The molecule has 0 radical (unpaired) electrons. The second-order valence-corrected chi connectivity index (χ2v) is 8.03. The van der Waals surface area contributed by atoms with Crippen LogP contribution in [0.25, 0.3) is 17.0 Å². The number of nitrogens with two attached hydrogens (primary N) is 1. The molecule has 3 aromatic rings. The molecule has 0 aliphatic carbocycles. The van der Waals surface area contributed by atoms with Crippen molar-refractivity contribution in [2.45, 2.75) is 6.92 Å². The maximum absolute atomic E-state index is 13.4. The number of hydrogen-bond acceptors (Lipinski definition) is 3. The van der Waals surface area contributed by atoms with E-state index in [0.29, 0.717) is 26.5 Å². The molecule has 3 N–H and O–H groups in total. The second-order valence-electron chi connectivity index (χ2n) is 5.85. The number of halogens is 1. The van der Waals surface area contributed by atoms with Crippen molar-refractivity contribution >= 4 is 52.9 Å². The van der Waals surface area contributed by atoms with Gasteiger partial charge in [-0.15, -0.1) is 0 Å². The van der Waals surface area contributed by atoms with E-state index in [9.17, 15) is 9.36 Å². The van der Waals surface area contributed by atoms with Gasteiger partial charge in [0.1, 0.15) is 13.5 Å². The predicted octanol–water partition coefficient (Wildman–Crippen LogP) is 3.28. The Bertz CT molecular complexity index is 1130. The minimum absolute atomic E-state index is 0.127. The zero-order valence-corrected chi connectivity index (χ0v) is 15.6. The molecule has 1 aromatic heterocycles. The molecule has 1 unspecified atom stereocenters. The van der Waals surface area contributed by atoms with E-state index in [0.717, 1.165) is 11.1 Å². The number of allylic oxidation sites excluding steroid dienone is 1. The van der Waals surface area contributed by atoms with Crippen molar-refractivity contribution in [2.75, 3.05) is 0 Å². The average Bonchev–Trinajstić information content (AvgIpc) is 2.97. The summed E-state index contributed by atoms with van der Waals surface area (Å²) in [5.74, 6) is -0.678. The molecule has 0 bridgehead atoms. The van der Waals surface area contributed by atoms with Gasteiger partial charge in [-0.05, 0) is 54.5 Å². The Balaban J connectivity index is 2.22. The van der Waals surface area contributed by atoms with Gasteiger partial charge in [0.2, 0.25) is 0 Å². The molecule has 26 heavy (non-hydrogen) atoms. The van der Waals surface area contributed by atoms with Crippen molar-refractivity contribution in [1.29, 1.82) is 5.26 Å². The first-order valence-electron chi connectivity index (χ1n) is 7.74. The molecule has 0 fully saturated rings. The number of carbonyl (C=O) groups excluding carboxylic acids is 1. The van der Waals surface area contributed by atoms with E-state index >= 15 is 0 Å². The van der Waals surface area contributed by atoms with Gasteiger partial charge >= 0.3 is 0 Å². The molecule has 0 saturated carbocycles. The van der Waals surface area contributed by atoms with Crippen LogP contribution in [-0.4, -0.2) is 10.9 Å². The number of aryl methyl sites for hydroxylation is 1. The van der Waals surface area contributed by atoms with E-state index in [2.05, 4.69) is 4.98 Å². The van der Waals surface area contributed by atoms with Gasteiger partial charge < -0.3 is 15.3 Å². The summed E-state index contributed by atoms with van der Waals surface area (Å²) in [6.45, 7) is 1.88. The number of aromatic amines is 1. The lowest BCUT2D eigenvalue weighted by Gasteiger charge is -2.07. The van der Waals surface area contributed by atoms with Crippen molar-refractivity contribution < 1.29 is 9.36 Å². The van der Waals surface area contributed by atoms with E-state index < -0.39 is 13.7 Å². The number of nitrogens with one attached hydrogen (secondary N) is 1. The first-order valence-corrected chi connectivity index (χ1v) is 9.53. The number of aromatic nitrogens is 1. The van der Waals surface area contributed by atoms with E-state index in [1.54, 1.807) is 36.4 Å². The summed E-state index contributed by atoms with van der Waals surface area (Å²) < 4.78 is 13.4. The summed E-state index contributed by atoms with van der Waals surface area (Å²) in [6.07, 6.45) is 3.00. The summed E-state index contributed by atoms with van der Waals surface area (Å²) in [5, 5.41) is 10.8. The topological polar surface area (TPSA) is 99.7 Å². The molecule has 2 aromatic carbocycles. The summed E-state index contributed by atoms with van der Waals surface area (Å²) in [7, 11) is -2.54. The number of amides is 1. The normalized spacial score (nSPS) is 12.3. The van der Waals surface area contributed by atoms with Gasteiger partial charge in [-0.1, -0.05) is 17.7 Å². The van der Waals surface area contributed by atoms with Gasteiger partial charge in [0, 0.05) is 27.3 Å². The summed E-state index contributed by atoms with van der Waals surface area (Å²) in [6, 6.07) is 12.4. The van der Waals surface area contributed by atoms with Crippen LogP contribution < -0.4 is 16.3 Å². The van der Waals surface area contributed by atoms with Crippen molar-refractivity contribution in [1.82, 2.24) is 4.98 Å². The van der Waals surface area contributed by atoms with Crippen LogP contribution in [0.3, 0.4) is 0 Å². The Hall–Kier alpha value is -2.80. The average molecular weight is 384 g/mol. The summed E-state index contributed by atoms with van der Waals surface area (Å²) in [5.41, 5.74) is 7.92. The number of carbonyl (C=O) groups is 1. The quantitative estimate of drug-likeness (QED) is 0.534. The minimum atomic E-state index is -2.54. The van der Waals surface area contributed by atoms with Crippen LogP contribution >= 0.6 is 19.4 Å². The van der Waals surface area contributed by atoms with E-state index in [4.69, 9.17) is 22.6 Å². The van der Waals surface area contributed by atoms with Crippen molar-refractivity contribution in [3.63, 3.8) is 0 Å². The molecule has 1 amide bonds. The number of fused-ring (bicyclic) bond motifs is 1. The molecule has 5 nitrogen and oxygen atoms in total. The first kappa shape index (κ1) is 18.0. The number of benzene rings is 2. The van der Waals surface area contributed by atoms with Crippen LogP contribution in [-0.2, 0) is 4.57 Å². The number of nitrogens with zero attached hydrogens (tertiary/aromatic N) is 1. The van der Waals surface area contributed by atoms with Crippen molar-refractivity contribution in [3.05, 3.63) is 64.3 Å². The number of primary amides is 1. The fraction of sp³-hybridized carbons (Fsp3) is 0.0526. The van der Waals surface area contributed by atoms with Crippen LogP contribution in [0.5, 0.6) is 0 Å². The van der Waals surface area contributed by atoms with E-state index in [1.807, 2.05) is 19.1 Å². The molecule has 0 aliphatic heterocycles. The van der Waals surface area contributed by atoms with Gasteiger partial charge in [-0.25, -0.2) is 0 Å². The van der Waals surface area contributed by atoms with Crippen LogP contribution in [0.2, 0.25) is 5.02 Å². The largest absolute Gasteiger partial charge is 0.364 e. The zero-order chi connectivity index (χ0) is 18.8. The lowest BCUT2D eigenvalue weighted by atomic mass is 10.1. The van der Waals surface area contributed by atoms with Gasteiger partial charge in [-0.2, -0.15) is 5.26 Å². The zero-order valence-electron chi connectivity index (χ0n) is 13.8. The summed E-state index contributed by atoms with van der Waals surface area (Å²) >= 11 is 6.08. The predicted molar refractivity (Wildman–Crippen MR) is 106 cm³/mol. The highest BCUT2D eigenvalue weighted by Gasteiger charge is 2.22. The van der Waals surface area contributed by atoms with E-state index in [1.165, 1.54) is 6.08 Å². The fourth-order valence-corrected chi connectivity index (χ4v) is 4.88. The highest BCUT2D eigenvalue weighted by Crippen LogP contribution is 2.30. The Morgan fingerprint density at radius 2 is 2.08 bits per heavy atom. The first-order chi connectivity index (χ1) is 12.4. The monoisotopic (exact) mass is 383 g/mol. The molecule has 0 aliphatic rings. The SMILES string of the molecule is Cc1cc(/C=C/C#N)cc([PH](=O)c2c(C(N)=O)[nH]c3ccc(Cl)cc23)c1. The van der Waals surface area contributed by atoms with E-state index in [-0.39, 0.29) is 5.69 Å². The molecular weight excluding hydrogens is 369 g/mol. The highest BCUT2D eigenvalue weighted by molar-refractivity contribution is 7.62. The van der Waals surface area contributed by atoms with Crippen LogP contribution in [0, 0.1) is 18.3 Å². The number of hydrogen-bond donors (Lipinski definition) is 2. The van der Waals surface area contributed by atoms with Crippen LogP contribution in [0.1, 0.15) is 21.6 Å². The Morgan fingerprint density at radius 1 is 1.31 bits per heavy atom. The Kier molecular flexibility index (Phi) is 4.99. The Morgan fingerprint density at radius 3 is 2.77 bits per heavy atom. The number of rotatable bonds is 4. The molecule has 0 saturated heterocycles. The van der Waals surface area contributed by atoms with Gasteiger partial charge in [-0.3, -0.25) is 4.79 Å². The molecule has 7 heteroatoms. The standard InChI is InChI=1S/C19H15ClN3O2P/c1-11-7-12(3-2-6-21)9-14(8-11)26(25)18-15-10-13(20)4-5-16(15)23-17(18)19(22)24/h2-5,7-10,23,26H,1H3,(H2,22,24)/b3-2+. The molecule has 0 spiro atoms. The third-order valence-corrected chi connectivity index (χ3v) is 5.97. The highest BCUT2D eigenvalue weighted by atomic mass is 35.5. The number of H-pyrrole nitrogens is 1. The maximum atomic E-state index is 13.4. The maximum Gasteiger partial charge on any atom is 0.265 e. The molecule has 130 valence electrons. The summed E-state index contributed by atoms with van der Waals surface area (Å²) in [4.78, 5) is 14.8. The molecule has 3 rings (SSSR count). The lowest BCUT2D eigenvalue weighted by Crippen LogP contribution is -2.21. The third-order valence-electron chi connectivity index (χ3n) is 3.95. The van der Waals surface area contributed by atoms with Gasteiger partial charge in [0.05, 0.1) is 11.4 Å². The van der Waals surface area contributed by atoms with Crippen molar-refractivity contribution in [3.8, 4) is 6.07 Å². The Labute approximate surface area is 155 Å². The molecule has 1 atom stereocenters. The van der Waals surface area contributed by atoms with Gasteiger partial charge in [0.25, 0.3) is 5.91 Å². The number of nitriles is 1. The van der Waals surface area contributed by atoms with Crippen LogP contribution in [0.15, 0.2) is 42.5 Å². The lowest BCUT2D eigenvalue weighted by molar-refractivity contribution is 0.0997. The second kappa shape index (κ2) is 7.21. The molecule has 1 heterocycles. The molecular formula is C19H15ClN3O2P. The van der Waals surface area contributed by atoms with Crippen molar-refractivity contribution in [2.24, 2.45) is 5.73 Å². The smallest absolute Gasteiger partial charge is 0.265 e. The van der Waals surface area contributed by atoms with Crippen LogP contribution in [0.4, 0.5) is 0 Å². The van der Waals surface area contributed by atoms with Gasteiger partial charge in [0.15, 0.2) is 0 Å². The third kappa shape index (κ3) is 3.43. The fourth-order valence-electron chi connectivity index (χ4n) is 2.90. The minimum Gasteiger partial charge on any atom is -0.364 e.